The summed E-state index contributed by atoms with van der Waals surface area (Å²) in [5, 5.41) is 8.80. The molecule has 1 aromatic heterocycles. The second-order valence-electron chi connectivity index (χ2n) is 3.53. The van der Waals surface area contributed by atoms with Gasteiger partial charge in [-0.2, -0.15) is 0 Å². The van der Waals surface area contributed by atoms with Crippen molar-refractivity contribution < 1.29 is 9.84 Å². The molecule has 1 heterocycles. The smallest absolute Gasteiger partial charge is 0.219 e. The van der Waals surface area contributed by atoms with Crippen molar-refractivity contribution in [3.05, 3.63) is 52.6 Å². The molecule has 0 saturated heterocycles. The van der Waals surface area contributed by atoms with Crippen molar-refractivity contribution in [1.29, 1.82) is 0 Å². The molecule has 0 unspecified atom stereocenters. The normalized spacial score (nSPS) is 10.2. The van der Waals surface area contributed by atoms with Crippen LogP contribution in [0.5, 0.6) is 11.6 Å². The zero-order valence-electron chi connectivity index (χ0n) is 9.14. The van der Waals surface area contributed by atoms with Crippen molar-refractivity contribution in [2.75, 3.05) is 6.61 Å². The molecule has 0 spiro atoms. The molecule has 1 aromatic carbocycles. The third-order valence-electron chi connectivity index (χ3n) is 2.25. The number of hydrogen-bond donors (Lipinski definition) is 1. The second kappa shape index (κ2) is 5.80. The van der Waals surface area contributed by atoms with Gasteiger partial charge in [-0.25, -0.2) is 4.98 Å². The van der Waals surface area contributed by atoms with E-state index in [1.807, 2.05) is 30.3 Å². The summed E-state index contributed by atoms with van der Waals surface area (Å²) >= 11 is 3.32. The minimum Gasteiger partial charge on any atom is -0.439 e. The molecule has 0 aliphatic heterocycles. The number of ether oxygens (including phenoxy) is 1. The maximum Gasteiger partial charge on any atom is 0.219 e. The summed E-state index contributed by atoms with van der Waals surface area (Å²) in [7, 11) is 0. The highest BCUT2D eigenvalue weighted by Gasteiger charge is 1.99. The van der Waals surface area contributed by atoms with Gasteiger partial charge in [-0.15, -0.1) is 0 Å². The molecule has 2 rings (SSSR count). The van der Waals surface area contributed by atoms with Crippen LogP contribution >= 0.6 is 15.9 Å². The number of aromatic nitrogens is 1. The topological polar surface area (TPSA) is 42.4 Å². The molecule has 17 heavy (non-hydrogen) atoms. The highest BCUT2D eigenvalue weighted by molar-refractivity contribution is 9.10. The number of nitrogens with zero attached hydrogens (tertiary/aromatic N) is 1. The van der Waals surface area contributed by atoms with Gasteiger partial charge in [0.25, 0.3) is 0 Å². The van der Waals surface area contributed by atoms with Crippen LogP contribution in [0.25, 0.3) is 0 Å². The Labute approximate surface area is 108 Å². The number of hydrogen-bond acceptors (Lipinski definition) is 3. The van der Waals surface area contributed by atoms with Crippen LogP contribution in [0.4, 0.5) is 0 Å². The summed E-state index contributed by atoms with van der Waals surface area (Å²) in [5.74, 6) is 1.30. The fourth-order valence-electron chi connectivity index (χ4n) is 1.40. The molecule has 0 aliphatic carbocycles. The summed E-state index contributed by atoms with van der Waals surface area (Å²) in [6.07, 6.45) is 2.35. The molecule has 4 heteroatoms. The Morgan fingerprint density at radius 3 is 2.47 bits per heavy atom. The number of rotatable bonds is 4. The van der Waals surface area contributed by atoms with Crippen LogP contribution < -0.4 is 4.74 Å². The Kier molecular flexibility index (Phi) is 4.12. The van der Waals surface area contributed by atoms with Crippen LogP contribution in [0, 0.1) is 0 Å². The summed E-state index contributed by atoms with van der Waals surface area (Å²) in [5.41, 5.74) is 1.09. The Hall–Kier alpha value is -1.39. The lowest BCUT2D eigenvalue weighted by Gasteiger charge is -2.05. The van der Waals surface area contributed by atoms with E-state index in [0.29, 0.717) is 12.3 Å². The zero-order valence-corrected chi connectivity index (χ0v) is 10.7. The molecule has 0 atom stereocenters. The first kappa shape index (κ1) is 12.1. The molecular weight excluding hydrogens is 282 g/mol. The van der Waals surface area contributed by atoms with E-state index in [0.717, 1.165) is 15.8 Å². The van der Waals surface area contributed by atoms with Gasteiger partial charge in [0, 0.05) is 23.3 Å². The molecule has 0 radical (unpaired) electrons. The van der Waals surface area contributed by atoms with E-state index in [1.165, 1.54) is 0 Å². The van der Waals surface area contributed by atoms with Gasteiger partial charge in [-0.05, 0) is 46.1 Å². The fourth-order valence-corrected chi connectivity index (χ4v) is 1.63. The third kappa shape index (κ3) is 3.54. The maximum absolute atomic E-state index is 8.80. The number of pyridine rings is 1. The standard InChI is InChI=1S/C13H12BrNO2/c14-11-3-6-13(15-9-11)17-12-4-1-10(2-5-12)7-8-16/h1-6,9,16H,7-8H2. The summed E-state index contributed by atoms with van der Waals surface area (Å²) in [6.45, 7) is 0.161. The number of halogens is 1. The summed E-state index contributed by atoms with van der Waals surface area (Å²) in [4.78, 5) is 4.12. The van der Waals surface area contributed by atoms with Gasteiger partial charge in [0.1, 0.15) is 5.75 Å². The van der Waals surface area contributed by atoms with Gasteiger partial charge in [0.2, 0.25) is 5.88 Å². The van der Waals surface area contributed by atoms with Gasteiger partial charge in [-0.1, -0.05) is 12.1 Å². The van der Waals surface area contributed by atoms with Gasteiger partial charge < -0.3 is 9.84 Å². The molecule has 0 bridgehead atoms. The molecule has 2 aromatic rings. The van der Waals surface area contributed by atoms with Crippen molar-refractivity contribution in [2.45, 2.75) is 6.42 Å². The lowest BCUT2D eigenvalue weighted by molar-refractivity contribution is 0.299. The lowest BCUT2D eigenvalue weighted by Crippen LogP contribution is -1.91. The van der Waals surface area contributed by atoms with E-state index in [-0.39, 0.29) is 6.61 Å². The minimum atomic E-state index is 0.161. The first-order chi connectivity index (χ1) is 8.28. The number of benzene rings is 1. The Bertz CT molecular complexity index is 468. The number of aliphatic hydroxyl groups is 1. The molecule has 88 valence electrons. The van der Waals surface area contributed by atoms with Crippen LogP contribution in [0.2, 0.25) is 0 Å². The SMILES string of the molecule is OCCc1ccc(Oc2ccc(Br)cn2)cc1. The second-order valence-corrected chi connectivity index (χ2v) is 4.45. The van der Waals surface area contributed by atoms with Crippen LogP contribution in [0.3, 0.4) is 0 Å². The molecule has 0 saturated carbocycles. The first-order valence-corrected chi connectivity index (χ1v) is 6.06. The maximum atomic E-state index is 8.80. The summed E-state index contributed by atoms with van der Waals surface area (Å²) in [6, 6.07) is 11.3. The van der Waals surface area contributed by atoms with Crippen LogP contribution in [0.1, 0.15) is 5.56 Å². The van der Waals surface area contributed by atoms with Gasteiger partial charge in [0.15, 0.2) is 0 Å². The quantitative estimate of drug-likeness (QED) is 0.941. The van der Waals surface area contributed by atoms with Crippen molar-refractivity contribution in [3.8, 4) is 11.6 Å². The van der Waals surface area contributed by atoms with Crippen molar-refractivity contribution in [3.63, 3.8) is 0 Å². The average molecular weight is 294 g/mol. The van der Waals surface area contributed by atoms with Crippen molar-refractivity contribution in [1.82, 2.24) is 4.98 Å². The van der Waals surface area contributed by atoms with E-state index in [1.54, 1.807) is 12.3 Å². The summed E-state index contributed by atoms with van der Waals surface area (Å²) < 4.78 is 6.49. The van der Waals surface area contributed by atoms with E-state index < -0.39 is 0 Å². The van der Waals surface area contributed by atoms with E-state index in [4.69, 9.17) is 9.84 Å². The predicted molar refractivity (Wildman–Crippen MR) is 69.2 cm³/mol. The van der Waals surface area contributed by atoms with Crippen molar-refractivity contribution >= 4 is 15.9 Å². The first-order valence-electron chi connectivity index (χ1n) is 5.27. The lowest BCUT2D eigenvalue weighted by atomic mass is 10.1. The van der Waals surface area contributed by atoms with E-state index in [9.17, 15) is 0 Å². The third-order valence-corrected chi connectivity index (χ3v) is 2.72. The molecular formula is C13H12BrNO2. The van der Waals surface area contributed by atoms with E-state index >= 15 is 0 Å². The molecule has 0 amide bonds. The van der Waals surface area contributed by atoms with Crippen molar-refractivity contribution in [2.24, 2.45) is 0 Å². The van der Waals surface area contributed by atoms with Gasteiger partial charge >= 0.3 is 0 Å². The average Bonchev–Trinajstić information content (AvgIpc) is 2.35. The highest BCUT2D eigenvalue weighted by atomic mass is 79.9. The largest absolute Gasteiger partial charge is 0.439 e. The molecule has 0 aliphatic rings. The minimum absolute atomic E-state index is 0.161. The molecule has 1 N–H and O–H groups in total. The monoisotopic (exact) mass is 293 g/mol. The van der Waals surface area contributed by atoms with E-state index in [2.05, 4.69) is 20.9 Å². The highest BCUT2D eigenvalue weighted by Crippen LogP contribution is 2.21. The fraction of sp³-hybridized carbons (Fsp3) is 0.154. The van der Waals surface area contributed by atoms with Gasteiger partial charge in [0.05, 0.1) is 0 Å². The van der Waals surface area contributed by atoms with Gasteiger partial charge in [-0.3, -0.25) is 0 Å². The Balaban J connectivity index is 2.05. The van der Waals surface area contributed by atoms with Crippen LogP contribution in [0.15, 0.2) is 47.1 Å². The Morgan fingerprint density at radius 1 is 1.12 bits per heavy atom. The van der Waals surface area contributed by atoms with Crippen LogP contribution in [-0.4, -0.2) is 16.7 Å². The Morgan fingerprint density at radius 2 is 1.88 bits per heavy atom. The molecule has 0 fully saturated rings. The predicted octanol–water partition coefficient (Wildman–Crippen LogP) is 3.17. The zero-order chi connectivity index (χ0) is 12.1. The number of aliphatic hydroxyl groups excluding tert-OH is 1. The van der Waals surface area contributed by atoms with Crippen LogP contribution in [-0.2, 0) is 6.42 Å². The molecule has 3 nitrogen and oxygen atoms in total.